The second kappa shape index (κ2) is 5.60. The highest BCUT2D eigenvalue weighted by atomic mass is 16.5. The quantitative estimate of drug-likeness (QED) is 0.663. The Balaban J connectivity index is 2.76. The Hall–Kier alpha value is -1.23. The lowest BCUT2D eigenvalue weighted by Crippen LogP contribution is -2.26. The Morgan fingerprint density at radius 3 is 2.80 bits per heavy atom. The van der Waals surface area contributed by atoms with Crippen molar-refractivity contribution < 1.29 is 9.53 Å². The number of ether oxygens (including phenoxy) is 1. The number of carbonyl (C=O) groups excluding carboxylic acids is 1. The average molecular weight is 211 g/mol. The molecule has 1 unspecified atom stereocenters. The van der Waals surface area contributed by atoms with Crippen LogP contribution >= 0.6 is 0 Å². The first-order valence-corrected chi connectivity index (χ1v) is 5.21. The predicted octanol–water partition coefficient (Wildman–Crippen LogP) is 1.20. The SMILES string of the molecule is CCCC(OCC)C(=O)c1cnnn1C. The van der Waals surface area contributed by atoms with E-state index >= 15 is 0 Å². The molecule has 0 aliphatic rings. The van der Waals surface area contributed by atoms with Gasteiger partial charge in [-0.2, -0.15) is 0 Å². The van der Waals surface area contributed by atoms with E-state index in [1.165, 1.54) is 10.9 Å². The molecule has 0 amide bonds. The van der Waals surface area contributed by atoms with Crippen molar-refractivity contribution in [2.45, 2.75) is 32.8 Å². The molecule has 1 rings (SSSR count). The summed E-state index contributed by atoms with van der Waals surface area (Å²) in [6.45, 7) is 4.46. The average Bonchev–Trinajstić information content (AvgIpc) is 2.63. The van der Waals surface area contributed by atoms with E-state index in [9.17, 15) is 4.79 Å². The van der Waals surface area contributed by atoms with E-state index in [0.29, 0.717) is 12.3 Å². The van der Waals surface area contributed by atoms with Crippen LogP contribution in [0.1, 0.15) is 37.2 Å². The van der Waals surface area contributed by atoms with Gasteiger partial charge in [-0.15, -0.1) is 5.10 Å². The monoisotopic (exact) mass is 211 g/mol. The van der Waals surface area contributed by atoms with Gasteiger partial charge in [0.05, 0.1) is 6.20 Å². The van der Waals surface area contributed by atoms with Gasteiger partial charge in [0.15, 0.2) is 0 Å². The van der Waals surface area contributed by atoms with Gasteiger partial charge in [-0.25, -0.2) is 4.68 Å². The third-order valence-corrected chi connectivity index (χ3v) is 2.18. The summed E-state index contributed by atoms with van der Waals surface area (Å²) in [5.74, 6) is -0.0359. The highest BCUT2D eigenvalue weighted by molar-refractivity contribution is 5.97. The minimum Gasteiger partial charge on any atom is -0.370 e. The van der Waals surface area contributed by atoms with E-state index in [1.807, 2.05) is 13.8 Å². The minimum absolute atomic E-state index is 0.0359. The number of hydrogen-bond acceptors (Lipinski definition) is 4. The number of Topliss-reactive ketones (excluding diaryl/α,β-unsaturated/α-hetero) is 1. The third-order valence-electron chi connectivity index (χ3n) is 2.18. The molecule has 5 nitrogen and oxygen atoms in total. The van der Waals surface area contributed by atoms with E-state index in [2.05, 4.69) is 10.3 Å². The summed E-state index contributed by atoms with van der Waals surface area (Å²) in [7, 11) is 1.70. The Kier molecular flexibility index (Phi) is 4.42. The largest absolute Gasteiger partial charge is 0.370 e. The minimum atomic E-state index is -0.364. The van der Waals surface area contributed by atoms with Gasteiger partial charge in [-0.05, 0) is 13.3 Å². The summed E-state index contributed by atoms with van der Waals surface area (Å²) in [4.78, 5) is 12.0. The molecule has 0 fully saturated rings. The van der Waals surface area contributed by atoms with E-state index < -0.39 is 0 Å². The van der Waals surface area contributed by atoms with Crippen LogP contribution in [0.25, 0.3) is 0 Å². The summed E-state index contributed by atoms with van der Waals surface area (Å²) in [5.41, 5.74) is 0.502. The Morgan fingerprint density at radius 2 is 2.33 bits per heavy atom. The lowest BCUT2D eigenvalue weighted by molar-refractivity contribution is 0.0415. The predicted molar refractivity (Wildman–Crippen MR) is 55.7 cm³/mol. The first-order valence-electron chi connectivity index (χ1n) is 5.21. The zero-order valence-electron chi connectivity index (χ0n) is 9.43. The van der Waals surface area contributed by atoms with Crippen LogP contribution in [0.4, 0.5) is 0 Å². The summed E-state index contributed by atoms with van der Waals surface area (Å²) in [6.07, 6.45) is 2.76. The van der Waals surface area contributed by atoms with Crippen molar-refractivity contribution in [3.05, 3.63) is 11.9 Å². The van der Waals surface area contributed by atoms with Gasteiger partial charge in [-0.1, -0.05) is 18.6 Å². The fourth-order valence-corrected chi connectivity index (χ4v) is 1.43. The van der Waals surface area contributed by atoms with Crippen LogP contribution < -0.4 is 0 Å². The number of carbonyl (C=O) groups is 1. The molecule has 5 heteroatoms. The number of hydrogen-bond donors (Lipinski definition) is 0. The highest BCUT2D eigenvalue weighted by Crippen LogP contribution is 2.09. The van der Waals surface area contributed by atoms with Crippen LogP contribution in [-0.2, 0) is 11.8 Å². The molecule has 1 heterocycles. The van der Waals surface area contributed by atoms with Crippen molar-refractivity contribution in [3.63, 3.8) is 0 Å². The number of aromatic nitrogens is 3. The molecule has 0 saturated heterocycles. The zero-order chi connectivity index (χ0) is 11.3. The molecule has 15 heavy (non-hydrogen) atoms. The topological polar surface area (TPSA) is 57.0 Å². The smallest absolute Gasteiger partial charge is 0.211 e. The molecule has 84 valence electrons. The fourth-order valence-electron chi connectivity index (χ4n) is 1.43. The van der Waals surface area contributed by atoms with Crippen molar-refractivity contribution in [2.24, 2.45) is 7.05 Å². The van der Waals surface area contributed by atoms with Gasteiger partial charge in [0, 0.05) is 13.7 Å². The van der Waals surface area contributed by atoms with Crippen LogP contribution in [-0.4, -0.2) is 33.5 Å². The van der Waals surface area contributed by atoms with E-state index in [1.54, 1.807) is 7.05 Å². The summed E-state index contributed by atoms with van der Waals surface area (Å²) < 4.78 is 6.88. The zero-order valence-corrected chi connectivity index (χ0v) is 9.43. The molecule has 0 aliphatic heterocycles. The molecule has 0 aliphatic carbocycles. The Bertz CT molecular complexity index is 316. The third kappa shape index (κ3) is 2.86. The summed E-state index contributed by atoms with van der Waals surface area (Å²) in [6, 6.07) is 0. The molecule has 1 aromatic rings. The van der Waals surface area contributed by atoms with Crippen molar-refractivity contribution >= 4 is 5.78 Å². The van der Waals surface area contributed by atoms with Crippen LogP contribution in [0.15, 0.2) is 6.20 Å². The molecule has 0 saturated carbocycles. The molecular formula is C10H17N3O2. The maximum Gasteiger partial charge on any atom is 0.211 e. The van der Waals surface area contributed by atoms with Crippen LogP contribution in [0, 0.1) is 0 Å². The van der Waals surface area contributed by atoms with E-state index in [0.717, 1.165) is 12.8 Å². The van der Waals surface area contributed by atoms with Gasteiger partial charge in [0.2, 0.25) is 5.78 Å². The van der Waals surface area contributed by atoms with E-state index in [4.69, 9.17) is 4.74 Å². The normalized spacial score (nSPS) is 12.7. The lowest BCUT2D eigenvalue weighted by Gasteiger charge is -2.14. The van der Waals surface area contributed by atoms with Crippen LogP contribution in [0.2, 0.25) is 0 Å². The van der Waals surface area contributed by atoms with Gasteiger partial charge < -0.3 is 4.74 Å². The van der Waals surface area contributed by atoms with Gasteiger partial charge in [0.25, 0.3) is 0 Å². The first-order chi connectivity index (χ1) is 7.20. The van der Waals surface area contributed by atoms with Gasteiger partial charge in [0.1, 0.15) is 11.8 Å². The van der Waals surface area contributed by atoms with Crippen LogP contribution in [0.3, 0.4) is 0 Å². The molecule has 1 atom stereocenters. The summed E-state index contributed by atoms with van der Waals surface area (Å²) in [5, 5.41) is 7.41. The highest BCUT2D eigenvalue weighted by Gasteiger charge is 2.22. The van der Waals surface area contributed by atoms with Crippen molar-refractivity contribution in [1.29, 1.82) is 0 Å². The first kappa shape index (κ1) is 11.8. The number of ketones is 1. The fraction of sp³-hybridized carbons (Fsp3) is 0.700. The molecule has 1 aromatic heterocycles. The van der Waals surface area contributed by atoms with E-state index in [-0.39, 0.29) is 11.9 Å². The van der Waals surface area contributed by atoms with Crippen molar-refractivity contribution in [3.8, 4) is 0 Å². The van der Waals surface area contributed by atoms with Crippen LogP contribution in [0.5, 0.6) is 0 Å². The number of rotatable bonds is 6. The summed E-state index contributed by atoms with van der Waals surface area (Å²) >= 11 is 0. The number of aryl methyl sites for hydroxylation is 1. The maximum atomic E-state index is 12.0. The standard InChI is InChI=1S/C10H17N3O2/c1-4-6-9(15-5-2)10(14)8-7-11-12-13(8)3/h7,9H,4-6H2,1-3H3. The molecule has 0 aromatic carbocycles. The van der Waals surface area contributed by atoms with Crippen molar-refractivity contribution in [1.82, 2.24) is 15.0 Å². The lowest BCUT2D eigenvalue weighted by atomic mass is 10.1. The molecule has 0 radical (unpaired) electrons. The van der Waals surface area contributed by atoms with Gasteiger partial charge >= 0.3 is 0 Å². The Labute approximate surface area is 89.4 Å². The maximum absolute atomic E-state index is 12.0. The Morgan fingerprint density at radius 1 is 1.60 bits per heavy atom. The second-order valence-corrected chi connectivity index (χ2v) is 3.34. The second-order valence-electron chi connectivity index (χ2n) is 3.34. The molecule has 0 bridgehead atoms. The molecule has 0 N–H and O–H groups in total. The van der Waals surface area contributed by atoms with Gasteiger partial charge in [-0.3, -0.25) is 4.79 Å². The molecular weight excluding hydrogens is 194 g/mol. The van der Waals surface area contributed by atoms with Crippen molar-refractivity contribution in [2.75, 3.05) is 6.61 Å². The molecule has 0 spiro atoms. The number of nitrogens with zero attached hydrogens (tertiary/aromatic N) is 3.